The molecule has 0 aliphatic carbocycles. The SMILES string of the molecule is COc1nc(Oc2cc(F)cc(Br)c2)ncc1Br. The van der Waals surface area contributed by atoms with Crippen LogP contribution in [0.25, 0.3) is 0 Å². The Kier molecular flexibility index (Phi) is 4.13. The fraction of sp³-hybridized carbons (Fsp3) is 0.0909. The molecule has 4 nitrogen and oxygen atoms in total. The minimum Gasteiger partial charge on any atom is -0.480 e. The van der Waals surface area contributed by atoms with Gasteiger partial charge < -0.3 is 9.47 Å². The first-order chi connectivity index (χ1) is 8.58. The molecule has 2 rings (SSSR count). The molecular weight excluding hydrogens is 371 g/mol. The van der Waals surface area contributed by atoms with Crippen LogP contribution in [-0.2, 0) is 0 Å². The Morgan fingerprint density at radius 2 is 2.00 bits per heavy atom. The van der Waals surface area contributed by atoms with Gasteiger partial charge in [0.25, 0.3) is 0 Å². The maximum Gasteiger partial charge on any atom is 0.325 e. The predicted molar refractivity (Wildman–Crippen MR) is 70.5 cm³/mol. The Morgan fingerprint density at radius 3 is 2.67 bits per heavy atom. The van der Waals surface area contributed by atoms with E-state index in [1.54, 1.807) is 6.07 Å². The third kappa shape index (κ3) is 3.17. The molecule has 0 spiro atoms. The molecule has 0 N–H and O–H groups in total. The van der Waals surface area contributed by atoms with Crippen molar-refractivity contribution in [2.75, 3.05) is 7.11 Å². The maximum absolute atomic E-state index is 13.2. The van der Waals surface area contributed by atoms with Gasteiger partial charge in [-0.25, -0.2) is 9.37 Å². The van der Waals surface area contributed by atoms with Crippen LogP contribution in [0, 0.1) is 5.82 Å². The molecule has 2 aromatic rings. The van der Waals surface area contributed by atoms with Gasteiger partial charge >= 0.3 is 6.01 Å². The summed E-state index contributed by atoms with van der Waals surface area (Å²) in [6.07, 6.45) is 1.50. The number of ether oxygens (including phenoxy) is 2. The Morgan fingerprint density at radius 1 is 1.22 bits per heavy atom. The molecule has 0 bridgehead atoms. The lowest BCUT2D eigenvalue weighted by Gasteiger charge is -2.06. The zero-order valence-corrected chi connectivity index (χ0v) is 12.3. The standard InChI is InChI=1S/C11H7Br2FN2O2/c1-17-10-9(13)5-15-11(16-10)18-8-3-6(12)2-7(14)4-8/h2-5H,1H3. The van der Waals surface area contributed by atoms with E-state index in [-0.39, 0.29) is 6.01 Å². The van der Waals surface area contributed by atoms with E-state index in [4.69, 9.17) is 9.47 Å². The maximum atomic E-state index is 13.2. The van der Waals surface area contributed by atoms with E-state index in [2.05, 4.69) is 41.8 Å². The summed E-state index contributed by atoms with van der Waals surface area (Å²) in [4.78, 5) is 7.95. The number of nitrogens with zero attached hydrogens (tertiary/aromatic N) is 2. The first-order valence-electron chi connectivity index (χ1n) is 4.79. The third-order valence-corrected chi connectivity index (χ3v) is 2.93. The second-order valence-electron chi connectivity index (χ2n) is 3.22. The molecule has 18 heavy (non-hydrogen) atoms. The first-order valence-corrected chi connectivity index (χ1v) is 6.37. The summed E-state index contributed by atoms with van der Waals surface area (Å²) in [6.45, 7) is 0. The molecule has 0 fully saturated rings. The molecule has 0 unspecified atom stereocenters. The zero-order chi connectivity index (χ0) is 13.1. The molecule has 1 heterocycles. The van der Waals surface area contributed by atoms with Gasteiger partial charge in [-0.3, -0.25) is 0 Å². The van der Waals surface area contributed by atoms with Crippen molar-refractivity contribution in [1.29, 1.82) is 0 Å². The fourth-order valence-corrected chi connectivity index (χ4v) is 2.02. The number of halogens is 3. The van der Waals surface area contributed by atoms with Crippen LogP contribution in [0.4, 0.5) is 4.39 Å². The number of rotatable bonds is 3. The molecular formula is C11H7Br2FN2O2. The lowest BCUT2D eigenvalue weighted by molar-refractivity contribution is 0.373. The molecule has 1 aromatic heterocycles. The van der Waals surface area contributed by atoms with Gasteiger partial charge in [0.05, 0.1) is 17.8 Å². The van der Waals surface area contributed by atoms with E-state index in [0.717, 1.165) is 0 Å². The summed E-state index contributed by atoms with van der Waals surface area (Å²) >= 11 is 6.40. The number of aromatic nitrogens is 2. The van der Waals surface area contributed by atoms with Crippen LogP contribution in [0.3, 0.4) is 0 Å². The highest BCUT2D eigenvalue weighted by atomic mass is 79.9. The first kappa shape index (κ1) is 13.2. The lowest BCUT2D eigenvalue weighted by atomic mass is 10.3. The minimum absolute atomic E-state index is 0.0764. The van der Waals surface area contributed by atoms with E-state index in [9.17, 15) is 4.39 Å². The summed E-state index contributed by atoms with van der Waals surface area (Å²) in [7, 11) is 1.48. The Hall–Kier alpha value is -1.21. The van der Waals surface area contributed by atoms with Crippen LogP contribution in [0.5, 0.6) is 17.6 Å². The minimum atomic E-state index is -0.413. The molecule has 0 aliphatic heterocycles. The quantitative estimate of drug-likeness (QED) is 0.812. The van der Waals surface area contributed by atoms with E-state index in [1.807, 2.05) is 0 Å². The van der Waals surface area contributed by atoms with Crippen molar-refractivity contribution in [3.05, 3.63) is 39.2 Å². The van der Waals surface area contributed by atoms with Crippen LogP contribution in [0.15, 0.2) is 33.3 Å². The van der Waals surface area contributed by atoms with Crippen molar-refractivity contribution < 1.29 is 13.9 Å². The van der Waals surface area contributed by atoms with Gasteiger partial charge in [0, 0.05) is 10.5 Å². The third-order valence-electron chi connectivity index (χ3n) is 1.93. The second kappa shape index (κ2) is 5.62. The van der Waals surface area contributed by atoms with Crippen molar-refractivity contribution in [3.8, 4) is 17.6 Å². The number of hydrogen-bond donors (Lipinski definition) is 0. The molecule has 0 saturated carbocycles. The van der Waals surface area contributed by atoms with Gasteiger partial charge in [-0.1, -0.05) is 15.9 Å². The summed E-state index contributed by atoms with van der Waals surface area (Å²) in [6, 6.07) is 4.26. The highest BCUT2D eigenvalue weighted by molar-refractivity contribution is 9.10. The molecule has 0 amide bonds. The Labute approximate surface area is 119 Å². The van der Waals surface area contributed by atoms with Gasteiger partial charge in [0.2, 0.25) is 5.88 Å². The van der Waals surface area contributed by atoms with Gasteiger partial charge in [0.15, 0.2) is 0 Å². The van der Waals surface area contributed by atoms with Gasteiger partial charge in [-0.05, 0) is 28.1 Å². The topological polar surface area (TPSA) is 44.2 Å². The van der Waals surface area contributed by atoms with Crippen LogP contribution < -0.4 is 9.47 Å². The predicted octanol–water partition coefficient (Wildman–Crippen LogP) is 3.94. The normalized spacial score (nSPS) is 10.2. The van der Waals surface area contributed by atoms with Crippen LogP contribution >= 0.6 is 31.9 Å². The highest BCUT2D eigenvalue weighted by Gasteiger charge is 2.08. The smallest absolute Gasteiger partial charge is 0.325 e. The highest BCUT2D eigenvalue weighted by Crippen LogP contribution is 2.27. The van der Waals surface area contributed by atoms with Gasteiger partial charge in [-0.2, -0.15) is 4.98 Å². The van der Waals surface area contributed by atoms with Gasteiger partial charge in [-0.15, -0.1) is 0 Å². The van der Waals surface area contributed by atoms with Gasteiger partial charge in [0.1, 0.15) is 11.6 Å². The monoisotopic (exact) mass is 376 g/mol. The molecule has 1 aromatic carbocycles. The van der Waals surface area contributed by atoms with Crippen LogP contribution in [0.1, 0.15) is 0 Å². The van der Waals surface area contributed by atoms with Crippen molar-refractivity contribution >= 4 is 31.9 Å². The Balaban J connectivity index is 2.28. The number of methoxy groups -OCH3 is 1. The average molecular weight is 378 g/mol. The largest absolute Gasteiger partial charge is 0.480 e. The molecule has 94 valence electrons. The van der Waals surface area contributed by atoms with Crippen LogP contribution in [-0.4, -0.2) is 17.1 Å². The zero-order valence-electron chi connectivity index (χ0n) is 9.15. The molecule has 0 aliphatic rings. The molecule has 7 heteroatoms. The van der Waals surface area contributed by atoms with E-state index < -0.39 is 5.82 Å². The van der Waals surface area contributed by atoms with E-state index in [1.165, 1.54) is 25.4 Å². The van der Waals surface area contributed by atoms with E-state index in [0.29, 0.717) is 20.6 Å². The number of hydrogen-bond acceptors (Lipinski definition) is 4. The second-order valence-corrected chi connectivity index (χ2v) is 4.99. The summed E-state index contributed by atoms with van der Waals surface area (Å²) in [5.41, 5.74) is 0. The number of benzene rings is 1. The molecule has 0 saturated heterocycles. The fourth-order valence-electron chi connectivity index (χ4n) is 1.22. The van der Waals surface area contributed by atoms with Crippen molar-refractivity contribution in [1.82, 2.24) is 9.97 Å². The van der Waals surface area contributed by atoms with Crippen molar-refractivity contribution in [2.45, 2.75) is 0 Å². The van der Waals surface area contributed by atoms with Crippen molar-refractivity contribution in [2.24, 2.45) is 0 Å². The molecule has 0 radical (unpaired) electrons. The summed E-state index contributed by atoms with van der Waals surface area (Å²) in [5, 5.41) is 0. The van der Waals surface area contributed by atoms with Crippen molar-refractivity contribution in [3.63, 3.8) is 0 Å². The van der Waals surface area contributed by atoms with E-state index >= 15 is 0 Å². The average Bonchev–Trinajstić information content (AvgIpc) is 2.30. The van der Waals surface area contributed by atoms with Crippen LogP contribution in [0.2, 0.25) is 0 Å². The molecule has 0 atom stereocenters. The Bertz CT molecular complexity index is 561. The summed E-state index contributed by atoms with van der Waals surface area (Å²) in [5.74, 6) is 0.227. The summed E-state index contributed by atoms with van der Waals surface area (Å²) < 4.78 is 24.7. The lowest BCUT2D eigenvalue weighted by Crippen LogP contribution is -1.96.